The molecule has 0 unspecified atom stereocenters. The van der Waals surface area contributed by atoms with Crippen LogP contribution < -0.4 is 15.5 Å². The van der Waals surface area contributed by atoms with Gasteiger partial charge in [0.15, 0.2) is 0 Å². The van der Waals surface area contributed by atoms with Gasteiger partial charge in [0.25, 0.3) is 11.2 Å². The summed E-state index contributed by atoms with van der Waals surface area (Å²) in [6, 6.07) is 16.4. The number of hydrogen-bond acceptors (Lipinski definition) is 6. The molecule has 2 aliphatic heterocycles. The fourth-order valence-electron chi connectivity index (χ4n) is 6.67. The highest BCUT2D eigenvalue weighted by Crippen LogP contribution is 2.51. The van der Waals surface area contributed by atoms with E-state index in [1.165, 1.54) is 12.1 Å². The van der Waals surface area contributed by atoms with Gasteiger partial charge in [-0.25, -0.2) is 4.79 Å². The zero-order valence-electron chi connectivity index (χ0n) is 29.5. The van der Waals surface area contributed by atoms with Crippen molar-refractivity contribution in [3.05, 3.63) is 129 Å². The molecule has 6 rings (SSSR count). The number of carbonyl (C=O) groups excluding carboxylic acids is 1. The highest BCUT2D eigenvalue weighted by molar-refractivity contribution is 5.93. The van der Waals surface area contributed by atoms with E-state index in [2.05, 4.69) is 0 Å². The quantitative estimate of drug-likeness (QED) is 0.133. The number of amides is 1. The number of carbonyl (C=O) groups is 2. The summed E-state index contributed by atoms with van der Waals surface area (Å²) < 4.78 is 155. The van der Waals surface area contributed by atoms with E-state index < -0.39 is 58.9 Å². The lowest BCUT2D eigenvalue weighted by atomic mass is 9.91. The molecule has 312 valence electrons. The number of halogens is 12. The van der Waals surface area contributed by atoms with Crippen LogP contribution in [-0.2, 0) is 37.1 Å². The predicted octanol–water partition coefficient (Wildman–Crippen LogP) is 7.92. The van der Waals surface area contributed by atoms with Gasteiger partial charge in [-0.1, -0.05) is 48.5 Å². The van der Waals surface area contributed by atoms with Crippen molar-refractivity contribution in [2.75, 3.05) is 22.9 Å². The van der Waals surface area contributed by atoms with Crippen LogP contribution in [0.15, 0.2) is 84.9 Å². The number of hydrogen-bond donors (Lipinski definition) is 4. The fourth-order valence-corrected chi connectivity index (χ4v) is 6.67. The first-order valence-corrected chi connectivity index (χ1v) is 16.9. The average Bonchev–Trinajstić information content (AvgIpc) is 3.72. The number of aromatic carboxylic acids is 1. The van der Waals surface area contributed by atoms with Crippen LogP contribution in [0.2, 0.25) is 0 Å². The van der Waals surface area contributed by atoms with Gasteiger partial charge in [0, 0.05) is 54.2 Å². The van der Waals surface area contributed by atoms with Crippen LogP contribution in [-0.4, -0.2) is 65.0 Å². The SMILES string of the molecule is NC(=O)c1ccc2c(c1)CCN2Cc1ccc(C(O)(C(F)(F)F)C(F)(F)F)cc1.O=C(O)c1ccc2c(c1)CCN2Cc1ccc(C(O)(C(F)(F)F)C(F)(F)F)cc1. The van der Waals surface area contributed by atoms with Gasteiger partial charge < -0.3 is 30.9 Å². The molecule has 1 amide bonds. The molecule has 5 N–H and O–H groups in total. The summed E-state index contributed by atoms with van der Waals surface area (Å²) in [4.78, 5) is 26.0. The van der Waals surface area contributed by atoms with Gasteiger partial charge in [-0.2, -0.15) is 52.7 Å². The second-order valence-corrected chi connectivity index (χ2v) is 13.5. The topological polar surface area (TPSA) is 127 Å². The van der Waals surface area contributed by atoms with Crippen LogP contribution in [0.5, 0.6) is 0 Å². The van der Waals surface area contributed by atoms with Crippen molar-refractivity contribution in [3.8, 4) is 0 Å². The van der Waals surface area contributed by atoms with Crippen LogP contribution in [0.25, 0.3) is 0 Å². The van der Waals surface area contributed by atoms with Crippen molar-refractivity contribution in [2.45, 2.75) is 61.8 Å². The minimum Gasteiger partial charge on any atom is -0.478 e. The van der Waals surface area contributed by atoms with E-state index >= 15 is 0 Å². The molecule has 4 aromatic carbocycles. The number of nitrogens with zero attached hydrogens (tertiary/aromatic N) is 2. The lowest BCUT2D eigenvalue weighted by Crippen LogP contribution is -2.53. The first-order chi connectivity index (χ1) is 26.7. The molecule has 0 saturated heterocycles. The standard InChI is InChI=1S/C19H16F6N2O2.C19H15F6NO3/c20-18(21,22)17(29,19(23,24)25)14-4-1-11(2-5-14)10-27-8-7-12-9-13(16(26)28)3-6-15(12)27;20-18(21,22)17(29,19(23,24)25)14-4-1-11(2-5-14)10-26-8-7-12-9-13(16(27)28)3-6-15(12)26/h1-6,9,29H,7-8,10H2,(H2,26,28);1-6,9,29H,7-8,10H2,(H,27,28). The zero-order valence-corrected chi connectivity index (χ0v) is 29.5. The van der Waals surface area contributed by atoms with E-state index in [0.717, 1.165) is 46.8 Å². The largest absolute Gasteiger partial charge is 0.478 e. The lowest BCUT2D eigenvalue weighted by molar-refractivity contribution is -0.376. The molecule has 4 aromatic rings. The van der Waals surface area contributed by atoms with Gasteiger partial charge in [0.1, 0.15) is 0 Å². The van der Waals surface area contributed by atoms with Crippen molar-refractivity contribution in [1.82, 2.24) is 0 Å². The molecule has 8 nitrogen and oxygen atoms in total. The molecule has 0 atom stereocenters. The molecule has 0 aromatic heterocycles. The van der Waals surface area contributed by atoms with Gasteiger partial charge in [0.2, 0.25) is 5.91 Å². The van der Waals surface area contributed by atoms with Crippen LogP contribution >= 0.6 is 0 Å². The zero-order chi connectivity index (χ0) is 43.2. The minimum atomic E-state index is -5.93. The summed E-state index contributed by atoms with van der Waals surface area (Å²) >= 11 is 0. The number of nitrogens with two attached hydrogens (primary N) is 1. The maximum absolute atomic E-state index is 13.0. The number of aliphatic hydroxyl groups is 2. The normalized spacial score (nSPS) is 14.8. The number of rotatable bonds is 8. The number of fused-ring (bicyclic) bond motifs is 2. The summed E-state index contributed by atoms with van der Waals surface area (Å²) in [6.07, 6.45) is -22.5. The van der Waals surface area contributed by atoms with Gasteiger partial charge in [0.05, 0.1) is 5.56 Å². The Bertz CT molecular complexity index is 1970. The van der Waals surface area contributed by atoms with Crippen molar-refractivity contribution < 1.29 is 77.6 Å². The Kier molecular flexibility index (Phi) is 11.5. The van der Waals surface area contributed by atoms with E-state index in [1.807, 2.05) is 9.80 Å². The molecule has 2 aliphatic rings. The number of anilines is 2. The molecule has 2 heterocycles. The highest BCUT2D eigenvalue weighted by Gasteiger charge is 2.72. The molecular formula is C38H31F12N3O5. The Morgan fingerprint density at radius 2 is 0.862 bits per heavy atom. The third kappa shape index (κ3) is 8.25. The second kappa shape index (κ2) is 15.3. The number of carboxylic acid groups (broad SMARTS) is 1. The van der Waals surface area contributed by atoms with Crippen LogP contribution in [0.1, 0.15) is 54.1 Å². The first kappa shape index (κ1) is 43.6. The van der Waals surface area contributed by atoms with Crippen molar-refractivity contribution in [1.29, 1.82) is 0 Å². The predicted molar refractivity (Wildman–Crippen MR) is 183 cm³/mol. The maximum Gasteiger partial charge on any atom is 0.430 e. The van der Waals surface area contributed by atoms with Crippen LogP contribution in [0.4, 0.5) is 64.1 Å². The first-order valence-electron chi connectivity index (χ1n) is 16.9. The summed E-state index contributed by atoms with van der Waals surface area (Å²) in [7, 11) is 0. The molecule has 58 heavy (non-hydrogen) atoms. The number of primary amides is 1. The van der Waals surface area contributed by atoms with Crippen molar-refractivity contribution >= 4 is 23.3 Å². The third-order valence-corrected chi connectivity index (χ3v) is 9.81. The van der Waals surface area contributed by atoms with Gasteiger partial charge in [-0.3, -0.25) is 4.79 Å². The highest BCUT2D eigenvalue weighted by atomic mass is 19.4. The smallest absolute Gasteiger partial charge is 0.430 e. The Morgan fingerprint density at radius 3 is 1.17 bits per heavy atom. The van der Waals surface area contributed by atoms with E-state index in [9.17, 15) is 72.5 Å². The molecule has 0 saturated carbocycles. The minimum absolute atomic E-state index is 0.133. The second-order valence-electron chi connectivity index (χ2n) is 13.5. The monoisotopic (exact) mass is 837 g/mol. The summed E-state index contributed by atoms with van der Waals surface area (Å²) in [5.41, 5.74) is -2.63. The summed E-state index contributed by atoms with van der Waals surface area (Å²) in [5.74, 6) is -1.63. The van der Waals surface area contributed by atoms with E-state index in [1.54, 1.807) is 24.3 Å². The molecule has 0 spiro atoms. The molecule has 0 fully saturated rings. The number of benzene rings is 4. The number of alkyl halides is 12. The van der Waals surface area contributed by atoms with Gasteiger partial charge >= 0.3 is 30.7 Å². The van der Waals surface area contributed by atoms with Gasteiger partial charge in [-0.15, -0.1) is 0 Å². The maximum atomic E-state index is 13.0. The Morgan fingerprint density at radius 1 is 0.534 bits per heavy atom. The summed E-state index contributed by atoms with van der Waals surface area (Å²) in [6.45, 7) is 1.53. The molecule has 20 heteroatoms. The van der Waals surface area contributed by atoms with Crippen molar-refractivity contribution in [2.24, 2.45) is 5.73 Å². The third-order valence-electron chi connectivity index (χ3n) is 9.81. The molecule has 0 bridgehead atoms. The fraction of sp³-hybridized carbons (Fsp3) is 0.316. The van der Waals surface area contributed by atoms with Crippen LogP contribution in [0, 0.1) is 0 Å². The summed E-state index contributed by atoms with van der Waals surface area (Å²) in [5, 5.41) is 27.9. The molecular weight excluding hydrogens is 806 g/mol. The van der Waals surface area contributed by atoms with E-state index in [4.69, 9.17) is 10.8 Å². The Labute approximate surface area is 320 Å². The Hall–Kier alpha value is -5.50. The van der Waals surface area contributed by atoms with E-state index in [-0.39, 0.29) is 18.7 Å². The van der Waals surface area contributed by atoms with Crippen LogP contribution in [0.3, 0.4) is 0 Å². The Balaban J connectivity index is 0.000000221. The van der Waals surface area contributed by atoms with Crippen molar-refractivity contribution in [3.63, 3.8) is 0 Å². The molecule has 0 radical (unpaired) electrons. The lowest BCUT2D eigenvalue weighted by Gasteiger charge is -2.32. The van der Waals surface area contributed by atoms with E-state index in [0.29, 0.717) is 66.9 Å². The van der Waals surface area contributed by atoms with Gasteiger partial charge in [-0.05, 0) is 71.5 Å². The molecule has 0 aliphatic carbocycles. The average molecular weight is 838 g/mol. The number of carboxylic acids is 1.